The summed E-state index contributed by atoms with van der Waals surface area (Å²) in [5.41, 5.74) is 5.40. The van der Waals surface area contributed by atoms with Gasteiger partial charge in [-0.25, -0.2) is 0 Å². The van der Waals surface area contributed by atoms with Crippen molar-refractivity contribution in [3.05, 3.63) is 0 Å². The van der Waals surface area contributed by atoms with Gasteiger partial charge in [-0.05, 0) is 6.92 Å². The number of hydrogen-bond acceptors (Lipinski definition) is 2. The second-order valence-corrected chi connectivity index (χ2v) is 2.94. The highest BCUT2D eigenvalue weighted by Crippen LogP contribution is 2.16. The first-order valence-corrected chi connectivity index (χ1v) is 2.87. The van der Waals surface area contributed by atoms with Gasteiger partial charge in [0, 0.05) is 18.1 Å². The average Bonchev–Trinajstić information content (AvgIpc) is 1.67. The number of rotatable bonds is 2. The molecule has 2 nitrogen and oxygen atoms in total. The molecule has 0 aliphatic rings. The van der Waals surface area contributed by atoms with E-state index in [1.807, 2.05) is 20.8 Å². The molecule has 0 saturated heterocycles. The van der Waals surface area contributed by atoms with Gasteiger partial charge in [0.25, 0.3) is 0 Å². The second-order valence-electron chi connectivity index (χ2n) is 2.94. The van der Waals surface area contributed by atoms with Crippen molar-refractivity contribution in [2.75, 3.05) is 6.61 Å². The summed E-state index contributed by atoms with van der Waals surface area (Å²) in [4.78, 5) is 0. The largest absolute Gasteiger partial charge is 0.396 e. The molecule has 0 unspecified atom stereocenters. The Morgan fingerprint density at radius 2 is 2.00 bits per heavy atom. The lowest BCUT2D eigenvalue weighted by Crippen LogP contribution is -2.37. The summed E-state index contributed by atoms with van der Waals surface area (Å²) in [6, 6.07) is 0.0625. The average molecular weight is 117 g/mol. The molecule has 2 heteroatoms. The van der Waals surface area contributed by atoms with Gasteiger partial charge in [-0.15, -0.1) is 0 Å². The number of aliphatic hydroxyl groups is 1. The molecule has 3 N–H and O–H groups in total. The first kappa shape index (κ1) is 7.92. The van der Waals surface area contributed by atoms with Crippen molar-refractivity contribution in [3.8, 4) is 0 Å². The third kappa shape index (κ3) is 1.80. The van der Waals surface area contributed by atoms with Crippen LogP contribution in [0.4, 0.5) is 0 Å². The molecule has 0 heterocycles. The maximum absolute atomic E-state index is 8.68. The van der Waals surface area contributed by atoms with Gasteiger partial charge in [0.1, 0.15) is 0 Å². The number of aliphatic hydroxyl groups excluding tert-OH is 1. The standard InChI is InChI=1S/C6H15NO/c1-5(7)6(2,3)4-8/h5,8H,4,7H2,1-3H3/t5-/m1/s1. The lowest BCUT2D eigenvalue weighted by Gasteiger charge is -2.25. The zero-order chi connectivity index (χ0) is 6.78. The van der Waals surface area contributed by atoms with Gasteiger partial charge in [-0.2, -0.15) is 0 Å². The van der Waals surface area contributed by atoms with E-state index in [2.05, 4.69) is 0 Å². The van der Waals surface area contributed by atoms with Crippen molar-refractivity contribution < 1.29 is 5.11 Å². The van der Waals surface area contributed by atoms with Crippen LogP contribution in [0.25, 0.3) is 0 Å². The predicted octanol–water partition coefficient (Wildman–Crippen LogP) is 0.352. The van der Waals surface area contributed by atoms with Crippen LogP contribution in [-0.4, -0.2) is 17.8 Å². The first-order chi connectivity index (χ1) is 3.50. The minimum absolute atomic E-state index is 0.0625. The van der Waals surface area contributed by atoms with E-state index < -0.39 is 0 Å². The molecule has 0 bridgehead atoms. The van der Waals surface area contributed by atoms with Crippen molar-refractivity contribution in [3.63, 3.8) is 0 Å². The van der Waals surface area contributed by atoms with Crippen LogP contribution in [0.3, 0.4) is 0 Å². The van der Waals surface area contributed by atoms with Crippen molar-refractivity contribution in [2.45, 2.75) is 26.8 Å². The zero-order valence-electron chi connectivity index (χ0n) is 5.81. The second kappa shape index (κ2) is 2.46. The van der Waals surface area contributed by atoms with E-state index in [1.54, 1.807) is 0 Å². The van der Waals surface area contributed by atoms with Gasteiger partial charge in [-0.3, -0.25) is 0 Å². The highest BCUT2D eigenvalue weighted by Gasteiger charge is 2.20. The minimum Gasteiger partial charge on any atom is -0.396 e. The van der Waals surface area contributed by atoms with E-state index in [1.165, 1.54) is 0 Å². The summed E-state index contributed by atoms with van der Waals surface area (Å²) in [6.07, 6.45) is 0. The summed E-state index contributed by atoms with van der Waals surface area (Å²) in [5.74, 6) is 0. The lowest BCUT2D eigenvalue weighted by atomic mass is 9.87. The quantitative estimate of drug-likeness (QED) is 0.548. The van der Waals surface area contributed by atoms with Crippen LogP contribution in [0.2, 0.25) is 0 Å². The molecular weight excluding hydrogens is 102 g/mol. The Morgan fingerprint density at radius 1 is 1.62 bits per heavy atom. The maximum atomic E-state index is 8.68. The fourth-order valence-electron chi connectivity index (χ4n) is 0.144. The highest BCUT2D eigenvalue weighted by molar-refractivity contribution is 4.75. The molecular formula is C6H15NO. The van der Waals surface area contributed by atoms with Crippen LogP contribution < -0.4 is 5.73 Å². The molecule has 0 aliphatic carbocycles. The van der Waals surface area contributed by atoms with Crippen molar-refractivity contribution in [2.24, 2.45) is 11.1 Å². The fraction of sp³-hybridized carbons (Fsp3) is 1.00. The van der Waals surface area contributed by atoms with Gasteiger partial charge in [-0.1, -0.05) is 13.8 Å². The summed E-state index contributed by atoms with van der Waals surface area (Å²) < 4.78 is 0. The molecule has 0 rings (SSSR count). The minimum atomic E-state index is -0.125. The summed E-state index contributed by atoms with van der Waals surface area (Å²) in [6.45, 7) is 5.94. The molecule has 0 fully saturated rings. The van der Waals surface area contributed by atoms with Gasteiger partial charge in [0.15, 0.2) is 0 Å². The topological polar surface area (TPSA) is 46.2 Å². The fourth-order valence-corrected chi connectivity index (χ4v) is 0.144. The van der Waals surface area contributed by atoms with Crippen molar-refractivity contribution in [1.82, 2.24) is 0 Å². The van der Waals surface area contributed by atoms with E-state index >= 15 is 0 Å². The molecule has 0 spiro atoms. The third-order valence-electron chi connectivity index (χ3n) is 1.64. The van der Waals surface area contributed by atoms with E-state index in [9.17, 15) is 0 Å². The van der Waals surface area contributed by atoms with Crippen LogP contribution in [0.5, 0.6) is 0 Å². The molecule has 0 radical (unpaired) electrons. The molecule has 50 valence electrons. The summed E-state index contributed by atoms with van der Waals surface area (Å²) in [5, 5.41) is 8.68. The molecule has 0 saturated carbocycles. The first-order valence-electron chi connectivity index (χ1n) is 2.87. The summed E-state index contributed by atoms with van der Waals surface area (Å²) in [7, 11) is 0. The molecule has 1 atom stereocenters. The highest BCUT2D eigenvalue weighted by atomic mass is 16.3. The molecule has 0 aromatic heterocycles. The van der Waals surface area contributed by atoms with Crippen molar-refractivity contribution in [1.29, 1.82) is 0 Å². The Morgan fingerprint density at radius 3 is 2.00 bits per heavy atom. The Kier molecular flexibility index (Phi) is 2.44. The monoisotopic (exact) mass is 117 g/mol. The Bertz CT molecular complexity index is 68.9. The molecule has 0 aromatic rings. The molecule has 0 amide bonds. The SMILES string of the molecule is C[C@@H](N)C(C)(C)CO. The van der Waals surface area contributed by atoms with Crippen LogP contribution in [0.15, 0.2) is 0 Å². The Balaban J connectivity index is 3.71. The van der Waals surface area contributed by atoms with Crippen LogP contribution in [0, 0.1) is 5.41 Å². The van der Waals surface area contributed by atoms with Crippen molar-refractivity contribution >= 4 is 0 Å². The smallest absolute Gasteiger partial charge is 0.0496 e. The third-order valence-corrected chi connectivity index (χ3v) is 1.64. The molecule has 0 aliphatic heterocycles. The molecule has 0 aromatic carbocycles. The van der Waals surface area contributed by atoms with E-state index in [0.29, 0.717) is 0 Å². The van der Waals surface area contributed by atoms with E-state index in [-0.39, 0.29) is 18.1 Å². The lowest BCUT2D eigenvalue weighted by molar-refractivity contribution is 0.138. The van der Waals surface area contributed by atoms with Crippen LogP contribution >= 0.6 is 0 Å². The number of nitrogens with two attached hydrogens (primary N) is 1. The zero-order valence-corrected chi connectivity index (χ0v) is 5.81. The van der Waals surface area contributed by atoms with Crippen LogP contribution in [-0.2, 0) is 0 Å². The van der Waals surface area contributed by atoms with Gasteiger partial charge < -0.3 is 10.8 Å². The summed E-state index contributed by atoms with van der Waals surface area (Å²) >= 11 is 0. The number of hydrogen-bond donors (Lipinski definition) is 2. The maximum Gasteiger partial charge on any atom is 0.0496 e. The van der Waals surface area contributed by atoms with Gasteiger partial charge >= 0.3 is 0 Å². The van der Waals surface area contributed by atoms with E-state index in [0.717, 1.165) is 0 Å². The Labute approximate surface area is 50.7 Å². The van der Waals surface area contributed by atoms with E-state index in [4.69, 9.17) is 10.8 Å². The van der Waals surface area contributed by atoms with Crippen LogP contribution in [0.1, 0.15) is 20.8 Å². The van der Waals surface area contributed by atoms with Gasteiger partial charge in [0.2, 0.25) is 0 Å². The normalized spacial score (nSPS) is 16.1. The molecule has 8 heavy (non-hydrogen) atoms. The Hall–Kier alpha value is -0.0800. The predicted molar refractivity (Wildman–Crippen MR) is 34.5 cm³/mol. The van der Waals surface area contributed by atoms with Gasteiger partial charge in [0.05, 0.1) is 0 Å².